The van der Waals surface area contributed by atoms with E-state index in [1.807, 2.05) is 25.9 Å². The van der Waals surface area contributed by atoms with Gasteiger partial charge in [-0.2, -0.15) is 0 Å². The van der Waals surface area contributed by atoms with E-state index in [-0.39, 0.29) is 6.03 Å². The quantitative estimate of drug-likeness (QED) is 0.879. The number of nitrogens with two attached hydrogens (primary N) is 1. The highest BCUT2D eigenvalue weighted by molar-refractivity contribution is 5.91. The van der Waals surface area contributed by atoms with Gasteiger partial charge in [0, 0.05) is 27.2 Å². The molecule has 20 heavy (non-hydrogen) atoms. The van der Waals surface area contributed by atoms with Crippen LogP contribution in [0.2, 0.25) is 0 Å². The number of hydrogen-bond acceptors (Lipinski definition) is 5. The number of nitrogens with zero attached hydrogens (tertiary/aromatic N) is 5. The zero-order valence-corrected chi connectivity index (χ0v) is 13.1. The minimum Gasteiger partial charge on any atom is -0.382 e. The number of carbonyl (C=O) groups excluding carboxylic acids is 1. The van der Waals surface area contributed by atoms with Crippen molar-refractivity contribution in [3.05, 3.63) is 11.4 Å². The predicted octanol–water partition coefficient (Wildman–Crippen LogP) is 0.725. The SMILES string of the molecule is Cc1nc(C)c(N(CCN(C)C)C(=O)N(C)C)nc1N. The Morgan fingerprint density at radius 3 is 2.15 bits per heavy atom. The van der Waals surface area contributed by atoms with Crippen molar-refractivity contribution < 1.29 is 4.79 Å². The summed E-state index contributed by atoms with van der Waals surface area (Å²) in [5, 5.41) is 0. The predicted molar refractivity (Wildman–Crippen MR) is 80.9 cm³/mol. The number of likely N-dealkylation sites (N-methyl/N-ethyl adjacent to an activating group) is 1. The number of carbonyl (C=O) groups is 1. The fraction of sp³-hybridized carbons (Fsp3) is 0.615. The van der Waals surface area contributed by atoms with Gasteiger partial charge in [0.05, 0.1) is 11.4 Å². The van der Waals surface area contributed by atoms with E-state index < -0.39 is 0 Å². The van der Waals surface area contributed by atoms with Gasteiger partial charge in [-0.3, -0.25) is 9.88 Å². The van der Waals surface area contributed by atoms with Crippen molar-refractivity contribution in [1.82, 2.24) is 19.8 Å². The van der Waals surface area contributed by atoms with Crippen LogP contribution >= 0.6 is 0 Å². The number of aryl methyl sites for hydroxylation is 2. The van der Waals surface area contributed by atoms with Crippen LogP contribution in [0.3, 0.4) is 0 Å². The van der Waals surface area contributed by atoms with Crippen LogP contribution in [0.1, 0.15) is 11.4 Å². The fourth-order valence-corrected chi connectivity index (χ4v) is 1.72. The zero-order chi connectivity index (χ0) is 15.4. The van der Waals surface area contributed by atoms with E-state index in [0.29, 0.717) is 29.6 Å². The molecule has 2 amide bonds. The van der Waals surface area contributed by atoms with Crippen molar-refractivity contribution in [2.24, 2.45) is 0 Å². The van der Waals surface area contributed by atoms with Crippen LogP contribution < -0.4 is 10.6 Å². The molecule has 0 saturated heterocycles. The molecule has 1 aromatic heterocycles. The van der Waals surface area contributed by atoms with Crippen LogP contribution in [0.25, 0.3) is 0 Å². The molecule has 0 bridgehead atoms. The van der Waals surface area contributed by atoms with Gasteiger partial charge in [0.1, 0.15) is 5.82 Å². The van der Waals surface area contributed by atoms with Gasteiger partial charge in [0.15, 0.2) is 5.82 Å². The molecule has 0 aliphatic rings. The summed E-state index contributed by atoms with van der Waals surface area (Å²) in [5.41, 5.74) is 7.20. The number of anilines is 2. The van der Waals surface area contributed by atoms with E-state index in [2.05, 4.69) is 9.97 Å². The second-order valence-corrected chi connectivity index (χ2v) is 5.24. The lowest BCUT2D eigenvalue weighted by atomic mass is 10.3. The Hall–Kier alpha value is -1.89. The number of rotatable bonds is 4. The molecule has 1 heterocycles. The van der Waals surface area contributed by atoms with Gasteiger partial charge in [-0.15, -0.1) is 0 Å². The van der Waals surface area contributed by atoms with Crippen LogP contribution in [-0.2, 0) is 0 Å². The molecule has 0 radical (unpaired) electrons. The Labute approximate surface area is 120 Å². The van der Waals surface area contributed by atoms with Gasteiger partial charge in [-0.25, -0.2) is 9.78 Å². The van der Waals surface area contributed by atoms with Crippen molar-refractivity contribution in [1.29, 1.82) is 0 Å². The first-order valence-electron chi connectivity index (χ1n) is 6.48. The smallest absolute Gasteiger partial charge is 0.325 e. The molecular formula is C13H24N6O. The summed E-state index contributed by atoms with van der Waals surface area (Å²) in [6.07, 6.45) is 0. The second-order valence-electron chi connectivity index (χ2n) is 5.24. The van der Waals surface area contributed by atoms with Gasteiger partial charge in [0.25, 0.3) is 0 Å². The lowest BCUT2D eigenvalue weighted by molar-refractivity contribution is 0.222. The minimum atomic E-state index is -0.132. The van der Waals surface area contributed by atoms with Crippen LogP contribution in [0.4, 0.5) is 16.4 Å². The highest BCUT2D eigenvalue weighted by Crippen LogP contribution is 2.19. The molecule has 0 aliphatic heterocycles. The van der Waals surface area contributed by atoms with Crippen molar-refractivity contribution in [2.45, 2.75) is 13.8 Å². The summed E-state index contributed by atoms with van der Waals surface area (Å²) < 4.78 is 0. The standard InChI is InChI=1S/C13H24N6O/c1-9-11(14)16-12(10(2)15-9)19(8-7-17(3)4)13(20)18(5)6/h7-8H2,1-6H3,(H2,14,16). The Morgan fingerprint density at radius 1 is 1.05 bits per heavy atom. The number of nitrogen functional groups attached to an aromatic ring is 1. The van der Waals surface area contributed by atoms with Gasteiger partial charge in [-0.1, -0.05) is 0 Å². The number of urea groups is 1. The molecule has 0 aliphatic carbocycles. The Balaban J connectivity index is 3.16. The third-order valence-electron chi connectivity index (χ3n) is 2.90. The highest BCUT2D eigenvalue weighted by Gasteiger charge is 2.22. The molecule has 0 spiro atoms. The maximum atomic E-state index is 12.3. The van der Waals surface area contributed by atoms with Gasteiger partial charge in [-0.05, 0) is 27.9 Å². The average molecular weight is 280 g/mol. The monoisotopic (exact) mass is 280 g/mol. The summed E-state index contributed by atoms with van der Waals surface area (Å²) in [4.78, 5) is 26.1. The Kier molecular flexibility index (Phi) is 5.26. The van der Waals surface area contributed by atoms with Gasteiger partial charge in [0.2, 0.25) is 0 Å². The molecule has 0 atom stereocenters. The van der Waals surface area contributed by atoms with Crippen molar-refractivity contribution in [3.8, 4) is 0 Å². The van der Waals surface area contributed by atoms with E-state index >= 15 is 0 Å². The molecule has 2 N–H and O–H groups in total. The van der Waals surface area contributed by atoms with Crippen molar-refractivity contribution in [3.63, 3.8) is 0 Å². The average Bonchev–Trinajstić information content (AvgIpc) is 2.34. The van der Waals surface area contributed by atoms with E-state index in [1.54, 1.807) is 25.9 Å². The van der Waals surface area contributed by atoms with E-state index in [1.165, 1.54) is 4.90 Å². The molecular weight excluding hydrogens is 256 g/mol. The first kappa shape index (κ1) is 16.2. The second kappa shape index (κ2) is 6.51. The molecule has 0 aromatic carbocycles. The fourth-order valence-electron chi connectivity index (χ4n) is 1.72. The molecule has 1 rings (SSSR count). The van der Waals surface area contributed by atoms with Gasteiger partial charge < -0.3 is 15.5 Å². The Bertz CT molecular complexity index is 486. The van der Waals surface area contributed by atoms with Crippen LogP contribution in [-0.4, -0.2) is 67.1 Å². The molecule has 0 fully saturated rings. The van der Waals surface area contributed by atoms with Crippen LogP contribution in [0, 0.1) is 13.8 Å². The molecule has 0 saturated carbocycles. The first-order chi connectivity index (χ1) is 9.23. The van der Waals surface area contributed by atoms with Gasteiger partial charge >= 0.3 is 6.03 Å². The number of aromatic nitrogens is 2. The molecule has 0 unspecified atom stereocenters. The third kappa shape index (κ3) is 3.80. The Morgan fingerprint density at radius 2 is 1.65 bits per heavy atom. The van der Waals surface area contributed by atoms with Crippen LogP contribution in [0.15, 0.2) is 0 Å². The highest BCUT2D eigenvalue weighted by atomic mass is 16.2. The van der Waals surface area contributed by atoms with Crippen molar-refractivity contribution in [2.75, 3.05) is 51.9 Å². The maximum Gasteiger partial charge on any atom is 0.325 e. The zero-order valence-electron chi connectivity index (χ0n) is 13.1. The van der Waals surface area contributed by atoms with E-state index in [9.17, 15) is 4.79 Å². The topological polar surface area (TPSA) is 78.6 Å². The summed E-state index contributed by atoms with van der Waals surface area (Å²) in [6, 6.07) is -0.132. The van der Waals surface area contributed by atoms with Crippen molar-refractivity contribution >= 4 is 17.7 Å². The molecule has 7 heteroatoms. The number of hydrogen-bond donors (Lipinski definition) is 1. The largest absolute Gasteiger partial charge is 0.382 e. The summed E-state index contributed by atoms with van der Waals surface area (Å²) >= 11 is 0. The first-order valence-corrected chi connectivity index (χ1v) is 6.48. The lowest BCUT2D eigenvalue weighted by Gasteiger charge is -2.27. The summed E-state index contributed by atoms with van der Waals surface area (Å²) in [6.45, 7) is 4.90. The molecule has 112 valence electrons. The summed E-state index contributed by atoms with van der Waals surface area (Å²) in [5.74, 6) is 0.876. The normalized spacial score (nSPS) is 10.8. The van der Waals surface area contributed by atoms with E-state index in [0.717, 1.165) is 6.54 Å². The van der Waals surface area contributed by atoms with Crippen LogP contribution in [0.5, 0.6) is 0 Å². The molecule has 1 aromatic rings. The van der Waals surface area contributed by atoms with E-state index in [4.69, 9.17) is 5.73 Å². The molecule has 7 nitrogen and oxygen atoms in total. The third-order valence-corrected chi connectivity index (χ3v) is 2.90. The maximum absolute atomic E-state index is 12.3. The number of amides is 2. The minimum absolute atomic E-state index is 0.132. The summed E-state index contributed by atoms with van der Waals surface area (Å²) in [7, 11) is 7.34. The lowest BCUT2D eigenvalue weighted by Crippen LogP contribution is -2.43.